The number of piperidine rings is 1. The molecule has 34 heavy (non-hydrogen) atoms. The van der Waals surface area contributed by atoms with Crippen molar-refractivity contribution in [2.24, 2.45) is 5.92 Å². The fraction of sp³-hybridized carbons (Fsp3) is 0.370. The second-order valence-corrected chi connectivity index (χ2v) is 10.1. The van der Waals surface area contributed by atoms with Crippen molar-refractivity contribution in [2.75, 3.05) is 25.4 Å². The molecule has 1 unspecified atom stereocenters. The Balaban J connectivity index is 0.00000274. The lowest BCUT2D eigenvalue weighted by atomic mass is 9.88. The topological polar surface area (TPSA) is 80.4 Å². The second kappa shape index (κ2) is 11.3. The van der Waals surface area contributed by atoms with E-state index in [1.165, 1.54) is 23.3 Å². The number of pyridine rings is 1. The van der Waals surface area contributed by atoms with Crippen LogP contribution in [0.25, 0.3) is 11.3 Å². The van der Waals surface area contributed by atoms with E-state index in [-0.39, 0.29) is 18.2 Å². The highest BCUT2D eigenvalue weighted by Crippen LogP contribution is 2.42. The summed E-state index contributed by atoms with van der Waals surface area (Å²) in [5.41, 5.74) is 10.2. The van der Waals surface area contributed by atoms with E-state index in [9.17, 15) is 5.11 Å². The molecule has 2 heterocycles. The Kier molecular flexibility index (Phi) is 8.24. The number of nitrogens with one attached hydrogen (secondary N) is 1. The maximum Gasteiger partial charge on any atom is 0.132 e. The van der Waals surface area contributed by atoms with E-state index in [1.807, 2.05) is 18.2 Å². The first-order chi connectivity index (χ1) is 16.2. The molecule has 0 bridgehead atoms. The number of nitrogen functional groups attached to an aromatic ring is 1. The molecule has 5 rings (SSSR count). The summed E-state index contributed by atoms with van der Waals surface area (Å²) in [4.78, 5) is 5.99. The number of halogens is 1. The number of phenols is 1. The number of benzene rings is 2. The smallest absolute Gasteiger partial charge is 0.132 e. The Morgan fingerprint density at radius 2 is 1.91 bits per heavy atom. The lowest BCUT2D eigenvalue weighted by molar-refractivity contribution is 0.299. The summed E-state index contributed by atoms with van der Waals surface area (Å²) in [6, 6.07) is 17.9. The number of phenolic OH excluding ortho intramolecular Hbond substituents is 1. The van der Waals surface area contributed by atoms with E-state index in [1.54, 1.807) is 17.8 Å². The molecule has 2 fully saturated rings. The molecular formula is C27H32ClN3O2S. The van der Waals surface area contributed by atoms with Crippen LogP contribution in [-0.2, 0) is 5.75 Å². The molecule has 1 aliphatic carbocycles. The Labute approximate surface area is 211 Å². The molecule has 1 atom stereocenters. The summed E-state index contributed by atoms with van der Waals surface area (Å²) in [5, 5.41) is 14.3. The molecule has 0 amide bonds. The molecule has 1 aliphatic heterocycles. The second-order valence-electron chi connectivity index (χ2n) is 9.01. The van der Waals surface area contributed by atoms with Crippen LogP contribution in [-0.4, -0.2) is 29.8 Å². The van der Waals surface area contributed by atoms with Crippen LogP contribution in [0.5, 0.6) is 11.5 Å². The highest BCUT2D eigenvalue weighted by molar-refractivity contribution is 7.98. The summed E-state index contributed by atoms with van der Waals surface area (Å²) < 4.78 is 6.10. The molecule has 1 saturated carbocycles. The third kappa shape index (κ3) is 5.80. The molecule has 0 spiro atoms. The molecule has 2 aromatic carbocycles. The average molecular weight is 498 g/mol. The van der Waals surface area contributed by atoms with Gasteiger partial charge < -0.3 is 20.9 Å². The van der Waals surface area contributed by atoms with Gasteiger partial charge in [-0.15, -0.1) is 24.2 Å². The van der Waals surface area contributed by atoms with E-state index >= 15 is 0 Å². The van der Waals surface area contributed by atoms with Gasteiger partial charge in [-0.05, 0) is 80.0 Å². The zero-order valence-electron chi connectivity index (χ0n) is 19.2. The van der Waals surface area contributed by atoms with Crippen molar-refractivity contribution in [1.29, 1.82) is 0 Å². The maximum absolute atomic E-state index is 10.8. The quantitative estimate of drug-likeness (QED) is 0.331. The maximum atomic E-state index is 10.8. The van der Waals surface area contributed by atoms with Gasteiger partial charge in [0.1, 0.15) is 17.3 Å². The van der Waals surface area contributed by atoms with Gasteiger partial charge in [-0.25, -0.2) is 4.98 Å². The van der Waals surface area contributed by atoms with Crippen LogP contribution in [0.3, 0.4) is 0 Å². The van der Waals surface area contributed by atoms with Gasteiger partial charge in [-0.1, -0.05) is 24.3 Å². The van der Waals surface area contributed by atoms with E-state index in [2.05, 4.69) is 35.6 Å². The van der Waals surface area contributed by atoms with Crippen LogP contribution in [0.2, 0.25) is 0 Å². The molecule has 1 aromatic heterocycles. The van der Waals surface area contributed by atoms with Gasteiger partial charge in [0.25, 0.3) is 0 Å². The molecule has 7 heteroatoms. The van der Waals surface area contributed by atoms with Crippen molar-refractivity contribution in [3.8, 4) is 22.8 Å². The van der Waals surface area contributed by atoms with Crippen LogP contribution >= 0.6 is 24.2 Å². The van der Waals surface area contributed by atoms with Crippen molar-refractivity contribution in [1.82, 2.24) is 10.3 Å². The molecule has 4 N–H and O–H groups in total. The van der Waals surface area contributed by atoms with Crippen LogP contribution in [0, 0.1) is 5.92 Å². The van der Waals surface area contributed by atoms with E-state index in [0.717, 1.165) is 37.2 Å². The molecule has 1 saturated heterocycles. The standard InChI is InChI=1S/C27H31N3O2S.ClH/c28-27-22(17-33-20-7-2-1-3-8-20)21(19-6-5-13-29-15-19)14-23(30-27)26-24(31)9-4-10-25(26)32-16-18-11-12-18;/h1-4,7-10,14,18-19,29,31H,5-6,11-13,15-17H2,(H2,28,30);1H. The van der Waals surface area contributed by atoms with Crippen molar-refractivity contribution in [3.63, 3.8) is 0 Å². The molecule has 0 radical (unpaired) electrons. The van der Waals surface area contributed by atoms with Gasteiger partial charge in [0, 0.05) is 22.8 Å². The van der Waals surface area contributed by atoms with Gasteiger partial charge in [0.05, 0.1) is 17.9 Å². The van der Waals surface area contributed by atoms with Crippen LogP contribution in [0.1, 0.15) is 42.7 Å². The van der Waals surface area contributed by atoms with Gasteiger partial charge in [0.15, 0.2) is 0 Å². The fourth-order valence-electron chi connectivity index (χ4n) is 4.44. The number of thioether (sulfide) groups is 1. The number of rotatable bonds is 8. The zero-order valence-corrected chi connectivity index (χ0v) is 20.8. The SMILES string of the molecule is Cl.Nc1nc(-c2c(O)cccc2OCC2CC2)cc(C2CCCNC2)c1CSc1ccccc1. The van der Waals surface area contributed by atoms with E-state index in [4.69, 9.17) is 15.5 Å². The number of anilines is 1. The first-order valence-electron chi connectivity index (χ1n) is 11.8. The van der Waals surface area contributed by atoms with Gasteiger partial charge in [-0.2, -0.15) is 0 Å². The third-order valence-corrected chi connectivity index (χ3v) is 7.52. The van der Waals surface area contributed by atoms with Crippen LogP contribution < -0.4 is 15.8 Å². The minimum Gasteiger partial charge on any atom is -0.507 e. The normalized spacial score (nSPS) is 17.7. The van der Waals surface area contributed by atoms with Gasteiger partial charge >= 0.3 is 0 Å². The Morgan fingerprint density at radius 1 is 1.09 bits per heavy atom. The minimum absolute atomic E-state index is 0. The number of aromatic hydroxyl groups is 1. The Hall–Kier alpha value is -2.41. The molecule has 3 aromatic rings. The molecule has 180 valence electrons. The number of hydrogen-bond acceptors (Lipinski definition) is 6. The summed E-state index contributed by atoms with van der Waals surface area (Å²) >= 11 is 1.78. The summed E-state index contributed by atoms with van der Waals surface area (Å²) in [5.74, 6) is 3.14. The monoisotopic (exact) mass is 497 g/mol. The number of nitrogens with two attached hydrogens (primary N) is 1. The number of ether oxygens (including phenoxy) is 1. The van der Waals surface area contributed by atoms with E-state index in [0.29, 0.717) is 41.3 Å². The zero-order chi connectivity index (χ0) is 22.6. The van der Waals surface area contributed by atoms with E-state index < -0.39 is 0 Å². The van der Waals surface area contributed by atoms with Crippen molar-refractivity contribution in [2.45, 2.75) is 42.2 Å². The Bertz CT molecular complexity index is 1100. The minimum atomic E-state index is 0. The number of hydrogen-bond donors (Lipinski definition) is 3. The van der Waals surface area contributed by atoms with Gasteiger partial charge in [-0.3, -0.25) is 0 Å². The highest BCUT2D eigenvalue weighted by atomic mass is 35.5. The lowest BCUT2D eigenvalue weighted by Crippen LogP contribution is -2.29. The first kappa shape index (κ1) is 24.7. The Morgan fingerprint density at radius 3 is 2.65 bits per heavy atom. The molecule has 5 nitrogen and oxygen atoms in total. The van der Waals surface area contributed by atoms with Crippen LogP contribution in [0.15, 0.2) is 59.5 Å². The number of nitrogens with zero attached hydrogens (tertiary/aromatic N) is 1. The predicted molar refractivity (Wildman–Crippen MR) is 142 cm³/mol. The number of aromatic nitrogens is 1. The summed E-state index contributed by atoms with van der Waals surface area (Å²) in [7, 11) is 0. The summed E-state index contributed by atoms with van der Waals surface area (Å²) in [6.45, 7) is 2.66. The van der Waals surface area contributed by atoms with Crippen molar-refractivity contribution in [3.05, 3.63) is 65.7 Å². The lowest BCUT2D eigenvalue weighted by Gasteiger charge is -2.26. The molecule has 2 aliphatic rings. The predicted octanol–water partition coefficient (Wildman–Crippen LogP) is 6.01. The first-order valence-corrected chi connectivity index (χ1v) is 12.8. The van der Waals surface area contributed by atoms with Crippen LogP contribution in [0.4, 0.5) is 5.82 Å². The van der Waals surface area contributed by atoms with Crippen molar-refractivity contribution >= 4 is 30.0 Å². The van der Waals surface area contributed by atoms with Gasteiger partial charge in [0.2, 0.25) is 0 Å². The fourth-order valence-corrected chi connectivity index (χ4v) is 5.42. The van der Waals surface area contributed by atoms with Crippen molar-refractivity contribution < 1.29 is 9.84 Å². The third-order valence-electron chi connectivity index (χ3n) is 6.49. The molecular weight excluding hydrogens is 466 g/mol. The summed E-state index contributed by atoms with van der Waals surface area (Å²) in [6.07, 6.45) is 4.68. The largest absolute Gasteiger partial charge is 0.507 e. The average Bonchev–Trinajstić information content (AvgIpc) is 3.67. The highest BCUT2D eigenvalue weighted by Gasteiger charge is 2.25.